The number of nitrogens with zero attached hydrogens (tertiary/aromatic N) is 2. The van der Waals surface area contributed by atoms with Gasteiger partial charge in [-0.1, -0.05) is 12.1 Å². The maximum absolute atomic E-state index is 13.0. The molecule has 1 aliphatic rings. The summed E-state index contributed by atoms with van der Waals surface area (Å²) < 4.78 is 27.6. The summed E-state index contributed by atoms with van der Waals surface area (Å²) in [5.41, 5.74) is 3.33. The van der Waals surface area contributed by atoms with Crippen molar-refractivity contribution in [2.75, 3.05) is 32.1 Å². The molecule has 29 heavy (non-hydrogen) atoms. The van der Waals surface area contributed by atoms with Crippen LogP contribution in [0.15, 0.2) is 47.4 Å². The largest absolute Gasteiger partial charge is 0.378 e. The fourth-order valence-electron chi connectivity index (χ4n) is 3.54. The van der Waals surface area contributed by atoms with E-state index in [0.717, 1.165) is 16.8 Å². The second-order valence-electron chi connectivity index (χ2n) is 7.86. The first kappa shape index (κ1) is 21.3. The van der Waals surface area contributed by atoms with Crippen LogP contribution in [-0.4, -0.2) is 51.9 Å². The number of hydrogen-bond acceptors (Lipinski definition) is 4. The third-order valence-corrected chi connectivity index (χ3v) is 7.44. The Morgan fingerprint density at radius 1 is 1.03 bits per heavy atom. The van der Waals surface area contributed by atoms with Gasteiger partial charge in [0.1, 0.15) is 0 Å². The summed E-state index contributed by atoms with van der Waals surface area (Å²) in [6.45, 7) is 4.52. The molecule has 1 N–H and O–H groups in total. The zero-order valence-corrected chi connectivity index (χ0v) is 18.3. The van der Waals surface area contributed by atoms with Crippen LogP contribution in [0.25, 0.3) is 0 Å². The molecule has 1 saturated heterocycles. The van der Waals surface area contributed by atoms with Crippen molar-refractivity contribution in [3.05, 3.63) is 59.2 Å². The molecule has 1 fully saturated rings. The molecule has 2 aromatic rings. The summed E-state index contributed by atoms with van der Waals surface area (Å²) in [7, 11) is 0.391. The van der Waals surface area contributed by atoms with Crippen LogP contribution in [0.1, 0.15) is 34.3 Å². The molecule has 1 heterocycles. The van der Waals surface area contributed by atoms with E-state index in [1.807, 2.05) is 69.2 Å². The van der Waals surface area contributed by atoms with Gasteiger partial charge in [0.25, 0.3) is 5.91 Å². The van der Waals surface area contributed by atoms with E-state index in [1.165, 1.54) is 4.31 Å². The van der Waals surface area contributed by atoms with Crippen molar-refractivity contribution < 1.29 is 13.2 Å². The first-order valence-corrected chi connectivity index (χ1v) is 11.3. The van der Waals surface area contributed by atoms with Gasteiger partial charge in [-0.15, -0.1) is 0 Å². The van der Waals surface area contributed by atoms with E-state index in [2.05, 4.69) is 5.32 Å². The monoisotopic (exact) mass is 415 g/mol. The number of aryl methyl sites for hydroxylation is 2. The summed E-state index contributed by atoms with van der Waals surface area (Å²) in [5, 5.41) is 3.04. The number of anilines is 1. The van der Waals surface area contributed by atoms with E-state index in [-0.39, 0.29) is 11.9 Å². The molecule has 0 bridgehead atoms. The van der Waals surface area contributed by atoms with Gasteiger partial charge in [-0.2, -0.15) is 4.31 Å². The van der Waals surface area contributed by atoms with E-state index >= 15 is 0 Å². The standard InChI is InChI=1S/C22H29N3O3S/c1-16-5-6-17(2)21(15-16)29(27,28)25-13-11-19(12-14-25)23-22(26)18-7-9-20(10-8-18)24(3)4/h5-10,15,19H,11-14H2,1-4H3,(H,23,26). The predicted molar refractivity (Wildman–Crippen MR) is 116 cm³/mol. The van der Waals surface area contributed by atoms with Crippen LogP contribution < -0.4 is 10.2 Å². The lowest BCUT2D eigenvalue weighted by Crippen LogP contribution is -2.46. The van der Waals surface area contributed by atoms with Crippen LogP contribution in [0.4, 0.5) is 5.69 Å². The molecule has 6 nitrogen and oxygen atoms in total. The lowest BCUT2D eigenvalue weighted by molar-refractivity contribution is 0.0924. The Hall–Kier alpha value is -2.38. The summed E-state index contributed by atoms with van der Waals surface area (Å²) in [6.07, 6.45) is 1.21. The van der Waals surface area contributed by atoms with Gasteiger partial charge in [-0.25, -0.2) is 8.42 Å². The number of piperidine rings is 1. The van der Waals surface area contributed by atoms with Crippen LogP contribution in [0.2, 0.25) is 0 Å². The van der Waals surface area contributed by atoms with E-state index in [9.17, 15) is 13.2 Å². The molecule has 0 radical (unpaired) electrons. The highest BCUT2D eigenvalue weighted by atomic mass is 32.2. The molecule has 3 rings (SSSR count). The van der Waals surface area contributed by atoms with Crippen molar-refractivity contribution in [2.45, 2.75) is 37.6 Å². The highest BCUT2D eigenvalue weighted by molar-refractivity contribution is 7.89. The number of hydrogen-bond donors (Lipinski definition) is 1. The van der Waals surface area contributed by atoms with Gasteiger partial charge < -0.3 is 10.2 Å². The molecule has 0 aliphatic carbocycles. The molecule has 1 aliphatic heterocycles. The zero-order valence-electron chi connectivity index (χ0n) is 17.5. The van der Waals surface area contributed by atoms with E-state index < -0.39 is 10.0 Å². The topological polar surface area (TPSA) is 69.7 Å². The number of sulfonamides is 1. The second-order valence-corrected chi connectivity index (χ2v) is 9.77. The first-order valence-electron chi connectivity index (χ1n) is 9.84. The summed E-state index contributed by atoms with van der Waals surface area (Å²) >= 11 is 0. The Morgan fingerprint density at radius 3 is 2.24 bits per heavy atom. The smallest absolute Gasteiger partial charge is 0.251 e. The Balaban J connectivity index is 1.61. The van der Waals surface area contributed by atoms with Crippen molar-refractivity contribution in [1.82, 2.24) is 9.62 Å². The Labute approximate surface area is 173 Å². The summed E-state index contributed by atoms with van der Waals surface area (Å²) in [6, 6.07) is 12.9. The minimum atomic E-state index is -3.52. The lowest BCUT2D eigenvalue weighted by atomic mass is 10.1. The molecule has 0 saturated carbocycles. The van der Waals surface area contributed by atoms with Crippen molar-refractivity contribution in [2.24, 2.45) is 0 Å². The maximum atomic E-state index is 13.0. The third-order valence-electron chi connectivity index (χ3n) is 5.40. The molecule has 2 aromatic carbocycles. The number of nitrogens with one attached hydrogen (secondary N) is 1. The molecule has 0 spiro atoms. The molecule has 7 heteroatoms. The van der Waals surface area contributed by atoms with Crippen molar-refractivity contribution in [3.8, 4) is 0 Å². The average molecular weight is 416 g/mol. The van der Waals surface area contributed by atoms with Crippen LogP contribution in [0.5, 0.6) is 0 Å². The van der Waals surface area contributed by atoms with Crippen LogP contribution in [0, 0.1) is 13.8 Å². The van der Waals surface area contributed by atoms with Gasteiger partial charge >= 0.3 is 0 Å². The van der Waals surface area contributed by atoms with Crippen molar-refractivity contribution >= 4 is 21.6 Å². The predicted octanol–water partition coefficient (Wildman–Crippen LogP) is 2.95. The minimum Gasteiger partial charge on any atom is -0.378 e. The van der Waals surface area contributed by atoms with Gasteiger partial charge in [-0.3, -0.25) is 4.79 Å². The number of rotatable bonds is 5. The fourth-order valence-corrected chi connectivity index (χ4v) is 5.32. The van der Waals surface area contributed by atoms with E-state index in [4.69, 9.17) is 0 Å². The SMILES string of the molecule is Cc1ccc(C)c(S(=O)(=O)N2CCC(NC(=O)c3ccc(N(C)C)cc3)CC2)c1. The van der Waals surface area contributed by atoms with Gasteiger partial charge in [0, 0.05) is 44.5 Å². The van der Waals surface area contributed by atoms with Crippen LogP contribution in [0.3, 0.4) is 0 Å². The van der Waals surface area contributed by atoms with Gasteiger partial charge in [0.2, 0.25) is 10.0 Å². The van der Waals surface area contributed by atoms with Gasteiger partial charge in [0.05, 0.1) is 4.90 Å². The van der Waals surface area contributed by atoms with E-state index in [0.29, 0.717) is 36.4 Å². The van der Waals surface area contributed by atoms with Crippen molar-refractivity contribution in [1.29, 1.82) is 0 Å². The normalized spacial score (nSPS) is 15.9. The number of amides is 1. The molecule has 156 valence electrons. The van der Waals surface area contributed by atoms with Gasteiger partial charge in [0.15, 0.2) is 0 Å². The third kappa shape index (κ3) is 4.79. The number of carbonyl (C=O) groups excluding carboxylic acids is 1. The minimum absolute atomic E-state index is 0.0268. The zero-order chi connectivity index (χ0) is 21.2. The van der Waals surface area contributed by atoms with Crippen molar-refractivity contribution in [3.63, 3.8) is 0 Å². The highest BCUT2D eigenvalue weighted by Crippen LogP contribution is 2.24. The molecular formula is C22H29N3O3S. The van der Waals surface area contributed by atoms with Gasteiger partial charge in [-0.05, 0) is 68.1 Å². The van der Waals surface area contributed by atoms with Crippen LogP contribution in [-0.2, 0) is 10.0 Å². The molecule has 0 aromatic heterocycles. The Morgan fingerprint density at radius 2 is 1.66 bits per heavy atom. The maximum Gasteiger partial charge on any atom is 0.251 e. The second kappa shape index (κ2) is 8.55. The quantitative estimate of drug-likeness (QED) is 0.815. The number of carbonyl (C=O) groups is 1. The molecule has 1 amide bonds. The first-order chi connectivity index (χ1) is 13.7. The molecule has 0 atom stereocenters. The Bertz CT molecular complexity index is 977. The lowest BCUT2D eigenvalue weighted by Gasteiger charge is -2.32. The summed E-state index contributed by atoms with van der Waals surface area (Å²) in [4.78, 5) is 14.9. The molecule has 0 unspecified atom stereocenters. The average Bonchev–Trinajstić information content (AvgIpc) is 2.70. The van der Waals surface area contributed by atoms with Crippen LogP contribution >= 0.6 is 0 Å². The van der Waals surface area contributed by atoms with E-state index in [1.54, 1.807) is 6.07 Å². The summed E-state index contributed by atoms with van der Waals surface area (Å²) in [5.74, 6) is -0.119. The number of benzene rings is 2. The fraction of sp³-hybridized carbons (Fsp3) is 0.409. The highest BCUT2D eigenvalue weighted by Gasteiger charge is 2.31. The Kier molecular flexibility index (Phi) is 6.29. The molecular weight excluding hydrogens is 386 g/mol.